The summed E-state index contributed by atoms with van der Waals surface area (Å²) in [6.45, 7) is 6.10. The third-order valence-electron chi connectivity index (χ3n) is 4.29. The highest BCUT2D eigenvalue weighted by atomic mass is 16.5. The van der Waals surface area contributed by atoms with Gasteiger partial charge in [0.2, 0.25) is 0 Å². The van der Waals surface area contributed by atoms with E-state index in [1.54, 1.807) is 13.2 Å². The second kappa shape index (κ2) is 6.90. The summed E-state index contributed by atoms with van der Waals surface area (Å²) in [5, 5.41) is 0. The van der Waals surface area contributed by atoms with E-state index in [0.717, 1.165) is 24.4 Å². The molecular weight excluding hydrogens is 262 g/mol. The highest BCUT2D eigenvalue weighted by molar-refractivity contribution is 6.00. The van der Waals surface area contributed by atoms with Crippen molar-refractivity contribution in [2.75, 3.05) is 20.2 Å². The topological polar surface area (TPSA) is 29.5 Å². The van der Waals surface area contributed by atoms with E-state index in [0.29, 0.717) is 0 Å². The highest BCUT2D eigenvalue weighted by Crippen LogP contribution is 2.22. The van der Waals surface area contributed by atoms with Gasteiger partial charge in [0, 0.05) is 0 Å². The van der Waals surface area contributed by atoms with Gasteiger partial charge in [-0.3, -0.25) is 9.69 Å². The van der Waals surface area contributed by atoms with Crippen LogP contribution in [0.2, 0.25) is 0 Å². The monoisotopic (exact) mass is 287 g/mol. The zero-order valence-corrected chi connectivity index (χ0v) is 13.3. The van der Waals surface area contributed by atoms with Crippen LogP contribution in [0.25, 0.3) is 6.08 Å². The fraction of sp³-hybridized carbons (Fsp3) is 0.500. The second-order valence-corrected chi connectivity index (χ2v) is 6.08. The van der Waals surface area contributed by atoms with Gasteiger partial charge in [0.1, 0.15) is 5.75 Å². The quantitative estimate of drug-likeness (QED) is 0.776. The van der Waals surface area contributed by atoms with Gasteiger partial charge in [0.25, 0.3) is 0 Å². The molecule has 1 aliphatic heterocycles. The number of piperidine rings is 1. The van der Waals surface area contributed by atoms with E-state index in [-0.39, 0.29) is 5.78 Å². The Bertz CT molecular complexity index is 496. The number of carbonyl (C=O) groups excluding carboxylic acids is 1. The summed E-state index contributed by atoms with van der Waals surface area (Å²) in [7, 11) is 1.65. The Hall–Kier alpha value is -1.61. The molecule has 0 spiro atoms. The van der Waals surface area contributed by atoms with Crippen molar-refractivity contribution in [3.05, 3.63) is 35.9 Å². The van der Waals surface area contributed by atoms with E-state index in [4.69, 9.17) is 4.74 Å². The lowest BCUT2D eigenvalue weighted by Crippen LogP contribution is -2.51. The lowest BCUT2D eigenvalue weighted by atomic mass is 9.93. The molecule has 1 fully saturated rings. The fourth-order valence-electron chi connectivity index (χ4n) is 2.70. The number of hydrogen-bond acceptors (Lipinski definition) is 3. The SMILES string of the molecule is COc1ccc(/C=C/C(=O)C(C)(C)N2CCCCC2)cc1. The molecule has 1 aromatic carbocycles. The molecule has 3 nitrogen and oxygen atoms in total. The molecular formula is C18H25NO2. The minimum atomic E-state index is -0.413. The third kappa shape index (κ3) is 3.94. The van der Waals surface area contributed by atoms with Gasteiger partial charge in [-0.05, 0) is 63.6 Å². The van der Waals surface area contributed by atoms with Gasteiger partial charge >= 0.3 is 0 Å². The van der Waals surface area contributed by atoms with Crippen molar-refractivity contribution in [1.29, 1.82) is 0 Å². The summed E-state index contributed by atoms with van der Waals surface area (Å²) < 4.78 is 5.13. The van der Waals surface area contributed by atoms with Crippen molar-refractivity contribution in [1.82, 2.24) is 4.90 Å². The molecule has 1 aliphatic rings. The smallest absolute Gasteiger partial charge is 0.175 e. The van der Waals surface area contributed by atoms with Gasteiger partial charge in [-0.2, -0.15) is 0 Å². The van der Waals surface area contributed by atoms with E-state index < -0.39 is 5.54 Å². The summed E-state index contributed by atoms with van der Waals surface area (Å²) in [5.41, 5.74) is 0.599. The number of rotatable bonds is 5. The zero-order chi connectivity index (χ0) is 15.3. The summed E-state index contributed by atoms with van der Waals surface area (Å²) in [4.78, 5) is 14.8. The van der Waals surface area contributed by atoms with Crippen LogP contribution < -0.4 is 4.74 Å². The van der Waals surface area contributed by atoms with Crippen LogP contribution in [0, 0.1) is 0 Å². The number of methoxy groups -OCH3 is 1. The average Bonchev–Trinajstić information content (AvgIpc) is 2.53. The van der Waals surface area contributed by atoms with Crippen LogP contribution in [-0.2, 0) is 4.79 Å². The van der Waals surface area contributed by atoms with Gasteiger partial charge < -0.3 is 4.74 Å². The van der Waals surface area contributed by atoms with Crippen molar-refractivity contribution in [2.45, 2.75) is 38.6 Å². The van der Waals surface area contributed by atoms with E-state index in [9.17, 15) is 4.79 Å². The minimum absolute atomic E-state index is 0.167. The predicted octanol–water partition coefficient (Wildman–Crippen LogP) is 3.54. The first kappa shape index (κ1) is 15.8. The number of ether oxygens (including phenoxy) is 1. The van der Waals surface area contributed by atoms with Gasteiger partial charge in [0.05, 0.1) is 12.6 Å². The molecule has 1 saturated heterocycles. The van der Waals surface area contributed by atoms with Gasteiger partial charge in [-0.15, -0.1) is 0 Å². The molecule has 0 aromatic heterocycles. The molecule has 3 heteroatoms. The van der Waals surface area contributed by atoms with Gasteiger partial charge in [0.15, 0.2) is 5.78 Å². The molecule has 0 atom stereocenters. The van der Waals surface area contributed by atoms with Gasteiger partial charge in [-0.1, -0.05) is 24.6 Å². The van der Waals surface area contributed by atoms with Crippen LogP contribution in [0.4, 0.5) is 0 Å². The Kier molecular flexibility index (Phi) is 5.18. The molecule has 2 rings (SSSR count). The second-order valence-electron chi connectivity index (χ2n) is 6.08. The number of benzene rings is 1. The molecule has 21 heavy (non-hydrogen) atoms. The van der Waals surface area contributed by atoms with Crippen molar-refractivity contribution in [3.8, 4) is 5.75 Å². The van der Waals surface area contributed by atoms with Crippen molar-refractivity contribution >= 4 is 11.9 Å². The molecule has 0 unspecified atom stereocenters. The molecule has 0 aliphatic carbocycles. The van der Waals surface area contributed by atoms with Crippen LogP contribution in [0.3, 0.4) is 0 Å². The van der Waals surface area contributed by atoms with Crippen molar-refractivity contribution in [3.63, 3.8) is 0 Å². The maximum Gasteiger partial charge on any atom is 0.175 e. The molecule has 0 bridgehead atoms. The van der Waals surface area contributed by atoms with Crippen molar-refractivity contribution < 1.29 is 9.53 Å². The zero-order valence-electron chi connectivity index (χ0n) is 13.3. The van der Waals surface area contributed by atoms with Crippen molar-refractivity contribution in [2.24, 2.45) is 0 Å². The summed E-state index contributed by atoms with van der Waals surface area (Å²) in [6, 6.07) is 7.72. The summed E-state index contributed by atoms with van der Waals surface area (Å²) in [5.74, 6) is 0.993. The van der Waals surface area contributed by atoms with Crippen LogP contribution in [0.15, 0.2) is 30.3 Å². The van der Waals surface area contributed by atoms with E-state index in [2.05, 4.69) is 4.90 Å². The van der Waals surface area contributed by atoms with E-state index in [1.807, 2.05) is 44.2 Å². The standard InChI is InChI=1S/C18H25NO2/c1-18(2,19-13-5-4-6-14-19)17(20)12-9-15-7-10-16(21-3)11-8-15/h7-12H,4-6,13-14H2,1-3H3/b12-9+. The molecule has 1 heterocycles. The Morgan fingerprint density at radius 2 is 1.76 bits per heavy atom. The molecule has 0 N–H and O–H groups in total. The third-order valence-corrected chi connectivity index (χ3v) is 4.29. The van der Waals surface area contributed by atoms with E-state index in [1.165, 1.54) is 19.3 Å². The van der Waals surface area contributed by atoms with Gasteiger partial charge in [-0.25, -0.2) is 0 Å². The number of carbonyl (C=O) groups is 1. The Morgan fingerprint density at radius 3 is 2.33 bits per heavy atom. The summed E-state index contributed by atoms with van der Waals surface area (Å²) >= 11 is 0. The van der Waals surface area contributed by atoms with Crippen LogP contribution in [-0.4, -0.2) is 36.4 Å². The number of ketones is 1. The first-order valence-corrected chi connectivity index (χ1v) is 7.65. The van der Waals surface area contributed by atoms with Crippen LogP contribution in [0.1, 0.15) is 38.7 Å². The summed E-state index contributed by atoms with van der Waals surface area (Å²) in [6.07, 6.45) is 7.25. The number of likely N-dealkylation sites (tertiary alicyclic amines) is 1. The maximum absolute atomic E-state index is 12.5. The normalized spacial score (nSPS) is 17.1. The lowest BCUT2D eigenvalue weighted by Gasteiger charge is -2.39. The molecule has 1 aromatic rings. The molecule has 114 valence electrons. The average molecular weight is 287 g/mol. The maximum atomic E-state index is 12.5. The van der Waals surface area contributed by atoms with E-state index >= 15 is 0 Å². The predicted molar refractivity (Wildman–Crippen MR) is 86.5 cm³/mol. The minimum Gasteiger partial charge on any atom is -0.497 e. The Balaban J connectivity index is 2.02. The number of nitrogens with zero attached hydrogens (tertiary/aromatic N) is 1. The first-order valence-electron chi connectivity index (χ1n) is 7.65. The van der Waals surface area contributed by atoms with Crippen LogP contribution >= 0.6 is 0 Å². The first-order chi connectivity index (χ1) is 10.0. The largest absolute Gasteiger partial charge is 0.497 e. The molecule has 0 amide bonds. The molecule has 0 radical (unpaired) electrons. The van der Waals surface area contributed by atoms with Crippen LogP contribution in [0.5, 0.6) is 5.75 Å². The Labute approximate surface area is 127 Å². The lowest BCUT2D eigenvalue weighted by molar-refractivity contribution is -0.125. The molecule has 0 saturated carbocycles. The fourth-order valence-corrected chi connectivity index (χ4v) is 2.70. The number of hydrogen-bond donors (Lipinski definition) is 0. The Morgan fingerprint density at radius 1 is 1.14 bits per heavy atom. The highest BCUT2D eigenvalue weighted by Gasteiger charge is 2.33.